The van der Waals surface area contributed by atoms with Gasteiger partial charge in [0, 0.05) is 43.2 Å². The van der Waals surface area contributed by atoms with E-state index < -0.39 is 28.7 Å². The van der Waals surface area contributed by atoms with E-state index in [9.17, 15) is 18.4 Å². The summed E-state index contributed by atoms with van der Waals surface area (Å²) < 4.78 is 31.2. The number of halogens is 2. The summed E-state index contributed by atoms with van der Waals surface area (Å²) in [6, 6.07) is 9.37. The van der Waals surface area contributed by atoms with Gasteiger partial charge >= 0.3 is 0 Å². The van der Waals surface area contributed by atoms with E-state index in [0.717, 1.165) is 46.9 Å². The summed E-state index contributed by atoms with van der Waals surface area (Å²) in [6.07, 6.45) is 1.96. The summed E-state index contributed by atoms with van der Waals surface area (Å²) in [7, 11) is 0. The Morgan fingerprint density at radius 3 is 2.37 bits per heavy atom. The van der Waals surface area contributed by atoms with Crippen molar-refractivity contribution in [3.8, 4) is 5.69 Å². The summed E-state index contributed by atoms with van der Waals surface area (Å²) in [6.45, 7) is 9.67. The van der Waals surface area contributed by atoms with Gasteiger partial charge < -0.3 is 10.6 Å². The van der Waals surface area contributed by atoms with Crippen LogP contribution < -0.4 is 16.2 Å². The van der Waals surface area contributed by atoms with Gasteiger partial charge in [-0.15, -0.1) is 0 Å². The number of fused-ring (bicyclic) bond motifs is 1. The highest BCUT2D eigenvalue weighted by Crippen LogP contribution is 2.35. The SMILES string of the molecule is C[C@H]1CN(c2c(CC(=O)c3ccc(=O)n(-c4c(F)cccc4F)n3)ccc3nn(C(C)(C)C)cc23)C[C@@H]1N. The predicted octanol–water partition coefficient (Wildman–Crippen LogP) is 3.82. The average Bonchev–Trinajstić information content (AvgIpc) is 3.43. The summed E-state index contributed by atoms with van der Waals surface area (Å²) in [5, 5.41) is 9.71. The van der Waals surface area contributed by atoms with Gasteiger partial charge in [0.2, 0.25) is 0 Å². The first-order valence-corrected chi connectivity index (χ1v) is 12.5. The molecular formula is C28H30F2N6O2. The van der Waals surface area contributed by atoms with Crippen molar-refractivity contribution in [3.63, 3.8) is 0 Å². The number of para-hydroxylation sites is 1. The lowest BCUT2D eigenvalue weighted by Gasteiger charge is -2.23. The molecule has 10 heteroatoms. The number of Topliss-reactive ketones (excluding diaryl/α,β-unsaturated/α-hetero) is 1. The van der Waals surface area contributed by atoms with E-state index in [2.05, 4.69) is 37.7 Å². The molecule has 4 aromatic rings. The number of hydrogen-bond acceptors (Lipinski definition) is 6. The van der Waals surface area contributed by atoms with Gasteiger partial charge in [-0.1, -0.05) is 19.1 Å². The second-order valence-electron chi connectivity index (χ2n) is 10.9. The number of carbonyl (C=O) groups is 1. The predicted molar refractivity (Wildman–Crippen MR) is 142 cm³/mol. The van der Waals surface area contributed by atoms with E-state index in [-0.39, 0.29) is 29.6 Å². The Balaban J connectivity index is 1.57. The van der Waals surface area contributed by atoms with Crippen LogP contribution in [0.15, 0.2) is 53.5 Å². The van der Waals surface area contributed by atoms with Crippen molar-refractivity contribution in [1.29, 1.82) is 0 Å². The van der Waals surface area contributed by atoms with Gasteiger partial charge in [0.25, 0.3) is 5.56 Å². The maximum Gasteiger partial charge on any atom is 0.271 e. The number of carbonyl (C=O) groups excluding carboxylic acids is 1. The second kappa shape index (κ2) is 9.43. The smallest absolute Gasteiger partial charge is 0.271 e. The Morgan fingerprint density at radius 1 is 1.03 bits per heavy atom. The fourth-order valence-electron chi connectivity index (χ4n) is 4.83. The van der Waals surface area contributed by atoms with Crippen LogP contribution >= 0.6 is 0 Å². The molecule has 8 nitrogen and oxygen atoms in total. The van der Waals surface area contributed by atoms with Gasteiger partial charge in [0.1, 0.15) is 11.4 Å². The van der Waals surface area contributed by atoms with Crippen molar-refractivity contribution in [1.82, 2.24) is 19.6 Å². The maximum absolute atomic E-state index is 14.4. The quantitative estimate of drug-likeness (QED) is 0.402. The molecule has 1 aliphatic heterocycles. The molecule has 3 heterocycles. The molecule has 2 atom stereocenters. The molecule has 2 aromatic heterocycles. The van der Waals surface area contributed by atoms with Crippen molar-refractivity contribution in [2.45, 2.75) is 45.7 Å². The summed E-state index contributed by atoms with van der Waals surface area (Å²) >= 11 is 0. The van der Waals surface area contributed by atoms with Crippen molar-refractivity contribution in [2.24, 2.45) is 11.7 Å². The Morgan fingerprint density at radius 2 is 1.74 bits per heavy atom. The van der Waals surface area contributed by atoms with Crippen molar-refractivity contribution in [2.75, 3.05) is 18.0 Å². The van der Waals surface area contributed by atoms with Crippen molar-refractivity contribution < 1.29 is 13.6 Å². The number of anilines is 1. The molecule has 38 heavy (non-hydrogen) atoms. The number of aromatic nitrogens is 4. The van der Waals surface area contributed by atoms with Gasteiger partial charge in [0.15, 0.2) is 17.4 Å². The van der Waals surface area contributed by atoms with Gasteiger partial charge in [-0.2, -0.15) is 14.9 Å². The molecule has 0 amide bonds. The maximum atomic E-state index is 14.4. The molecule has 0 bridgehead atoms. The molecule has 0 unspecified atom stereocenters. The highest BCUT2D eigenvalue weighted by atomic mass is 19.1. The number of rotatable bonds is 5. The highest BCUT2D eigenvalue weighted by molar-refractivity contribution is 6.00. The van der Waals surface area contributed by atoms with Crippen LogP contribution in [-0.4, -0.2) is 44.5 Å². The largest absolute Gasteiger partial charge is 0.369 e. The minimum absolute atomic E-state index is 0.00708. The van der Waals surface area contributed by atoms with E-state index in [0.29, 0.717) is 11.2 Å². The lowest BCUT2D eigenvalue weighted by molar-refractivity contribution is 0.0986. The average molecular weight is 521 g/mol. The number of nitrogens with two attached hydrogens (primary N) is 1. The Bertz CT molecular complexity index is 1570. The van der Waals surface area contributed by atoms with E-state index in [1.807, 2.05) is 23.0 Å². The third-order valence-electron chi connectivity index (χ3n) is 7.00. The van der Waals surface area contributed by atoms with Gasteiger partial charge in [0.05, 0.1) is 16.7 Å². The van der Waals surface area contributed by atoms with Crippen LogP contribution in [-0.2, 0) is 12.0 Å². The van der Waals surface area contributed by atoms with Crippen LogP contribution in [0, 0.1) is 17.6 Å². The summed E-state index contributed by atoms with van der Waals surface area (Å²) in [4.78, 5) is 28.0. The van der Waals surface area contributed by atoms with Crippen molar-refractivity contribution in [3.05, 3.63) is 81.9 Å². The molecule has 1 fully saturated rings. The molecule has 5 rings (SSSR count). The van der Waals surface area contributed by atoms with Crippen LogP contribution in [0.4, 0.5) is 14.5 Å². The van der Waals surface area contributed by atoms with Crippen LogP contribution in [0.3, 0.4) is 0 Å². The third kappa shape index (κ3) is 4.60. The first kappa shape index (κ1) is 25.7. The molecule has 0 spiro atoms. The van der Waals surface area contributed by atoms with Crippen molar-refractivity contribution >= 4 is 22.4 Å². The standard InChI is InChI=1S/C28H30F2N6O2/c1-16-13-34(15-21(16)31)26-17(8-9-22-18(26)14-35(32-22)28(2,3)4)12-24(37)23-10-11-25(38)36(33-23)27-19(29)6-5-7-20(27)30/h5-11,14,16,21H,12-13,15,31H2,1-4H3/t16-,21-/m0/s1. The number of ketones is 1. The van der Waals surface area contributed by atoms with E-state index >= 15 is 0 Å². The zero-order valence-electron chi connectivity index (χ0n) is 21.8. The number of nitrogens with zero attached hydrogens (tertiary/aromatic N) is 5. The molecule has 0 radical (unpaired) electrons. The third-order valence-corrected chi connectivity index (χ3v) is 7.00. The number of benzene rings is 2. The first-order chi connectivity index (χ1) is 17.9. The minimum Gasteiger partial charge on any atom is -0.369 e. The monoisotopic (exact) mass is 520 g/mol. The fraction of sp³-hybridized carbons (Fsp3) is 0.357. The summed E-state index contributed by atoms with van der Waals surface area (Å²) in [5.74, 6) is -2.03. The van der Waals surface area contributed by atoms with Crippen LogP contribution in [0.25, 0.3) is 16.6 Å². The zero-order chi connectivity index (χ0) is 27.4. The van der Waals surface area contributed by atoms with Crippen LogP contribution in [0.1, 0.15) is 43.7 Å². The number of hydrogen-bond donors (Lipinski definition) is 1. The van der Waals surface area contributed by atoms with E-state index in [4.69, 9.17) is 10.8 Å². The second-order valence-corrected chi connectivity index (χ2v) is 10.9. The Hall–Kier alpha value is -3.92. The zero-order valence-corrected chi connectivity index (χ0v) is 21.8. The molecule has 198 valence electrons. The van der Waals surface area contributed by atoms with Gasteiger partial charge in [-0.05, 0) is 56.5 Å². The van der Waals surface area contributed by atoms with E-state index in [1.165, 1.54) is 12.1 Å². The van der Waals surface area contributed by atoms with E-state index in [1.54, 1.807) is 0 Å². The fourth-order valence-corrected chi connectivity index (χ4v) is 4.83. The molecular weight excluding hydrogens is 490 g/mol. The van der Waals surface area contributed by atoms with Crippen LogP contribution in [0.2, 0.25) is 0 Å². The molecule has 1 aliphatic rings. The molecule has 0 saturated carbocycles. The van der Waals surface area contributed by atoms with Crippen LogP contribution in [0.5, 0.6) is 0 Å². The first-order valence-electron chi connectivity index (χ1n) is 12.5. The normalized spacial score (nSPS) is 17.9. The minimum atomic E-state index is -0.952. The molecule has 1 saturated heterocycles. The van der Waals surface area contributed by atoms with Gasteiger partial charge in [-0.3, -0.25) is 14.3 Å². The summed E-state index contributed by atoms with van der Waals surface area (Å²) in [5.41, 5.74) is 7.12. The topological polar surface area (TPSA) is 99.0 Å². The lowest BCUT2D eigenvalue weighted by Crippen LogP contribution is -2.29. The highest BCUT2D eigenvalue weighted by Gasteiger charge is 2.31. The molecule has 0 aliphatic carbocycles. The molecule has 2 aromatic carbocycles. The molecule has 2 N–H and O–H groups in total. The Kier molecular flexibility index (Phi) is 6.38. The van der Waals surface area contributed by atoms with Gasteiger partial charge in [-0.25, -0.2) is 8.78 Å². The lowest BCUT2D eigenvalue weighted by atomic mass is 10.0. The Labute approximate surface area is 218 Å².